The van der Waals surface area contributed by atoms with E-state index in [-0.39, 0.29) is 5.39 Å². The van der Waals surface area contributed by atoms with Crippen molar-refractivity contribution in [2.45, 2.75) is 64.9 Å². The Kier molecular flexibility index (Phi) is 27.2. The maximum Gasteiger partial charge on any atom is 0.417 e. The largest absolute Gasteiger partial charge is 0.417 e. The SMILES string of the molecule is Cc1nc(CN(C)c2ccc(Br)c3cccnc23)cc(N2CCN(C)CC2)n1.Cc1nc(CN(C)c2ccc(C#N)c3cccnc23)cc(N2CCN(C)CC2)n1.Cc1nc(CN(C)c2ccc(C(F)(F)F)c3cccnc23)cc(N2CCN(C)CC2)n1.Cc1nc(CN(C)c2ccc(S(C)(=O)=O)c3cccnc23)cc(N2CCN(C)CC2)n1. The predicted octanol–water partition coefficient (Wildman–Crippen LogP) is 11.9. The number of hydrogen-bond donors (Lipinski definition) is 0. The van der Waals surface area contributed by atoms with Gasteiger partial charge in [-0.25, -0.2) is 48.3 Å². The summed E-state index contributed by atoms with van der Waals surface area (Å²) in [5.74, 6) is 6.90. The number of aryl methyl sites for hydroxylation is 4. The van der Waals surface area contributed by atoms with Crippen molar-refractivity contribution < 1.29 is 21.6 Å². The highest BCUT2D eigenvalue weighted by Gasteiger charge is 2.34. The average molecular weight is 1700 g/mol. The summed E-state index contributed by atoms with van der Waals surface area (Å²) >= 11 is 3.63. The summed E-state index contributed by atoms with van der Waals surface area (Å²) in [6, 6.07) is 39.0. The van der Waals surface area contributed by atoms with Crippen LogP contribution in [0.3, 0.4) is 0 Å². The molecular weight excluding hydrogens is 1600 g/mol. The van der Waals surface area contributed by atoms with Gasteiger partial charge in [-0.3, -0.25) is 19.9 Å². The molecule has 4 fully saturated rings. The Hall–Kier alpha value is -11.2. The topological polar surface area (TPSA) is 251 Å². The number of halogens is 4. The van der Waals surface area contributed by atoms with E-state index in [1.807, 2.05) is 102 Å². The molecule has 622 valence electrons. The summed E-state index contributed by atoms with van der Waals surface area (Å²) < 4.78 is 65.7. The zero-order valence-electron chi connectivity index (χ0n) is 69.9. The molecule has 0 aliphatic carbocycles. The lowest BCUT2D eigenvalue weighted by Crippen LogP contribution is -2.45. The Labute approximate surface area is 702 Å². The highest BCUT2D eigenvalue weighted by Crippen LogP contribution is 2.39. The molecular formula is C87H103BrF3N25O2S. The second-order valence-electron chi connectivity index (χ2n) is 31.0. The highest BCUT2D eigenvalue weighted by atomic mass is 79.9. The van der Waals surface area contributed by atoms with Crippen molar-refractivity contribution in [2.24, 2.45) is 0 Å². The average Bonchev–Trinajstić information content (AvgIpc) is 0.782. The Bertz CT molecular complexity index is 5740. The standard InChI is InChI=1S/C22H25F3N6.C22H25N7.C22H28N6O2S.C21H25BrN6/c1-15-27-16(13-20(28-15)31-11-9-29(2)10-12-31)14-30(3)19-7-6-18(22(23,24)25)17-5-4-8-26-21(17)19;1-16-25-18(13-21(26-16)29-11-9-27(2)10-12-29)15-28(3)20-7-6-17(14-23)19-5-4-8-24-22(19)20;1-16-24-17(14-21(25-16)28-12-10-26(2)11-13-28)15-27(3)19-7-8-20(31(4,29)30)18-6-5-9-23-22(18)19;1-15-24-16(13-20(25-15)28-11-9-26(2)10-12-28)14-27(3)19-7-6-18(22)17-5-4-8-23-21(17)19/h4-8,13H,9-12,14H2,1-3H3;4-8,13H,9-12,15H2,1-3H3;5-9,14H,10-13,15H2,1-4H3;4-8,13H,9-12,14H2,1-3H3. The summed E-state index contributed by atoms with van der Waals surface area (Å²) in [5.41, 5.74) is 10.1. The van der Waals surface area contributed by atoms with E-state index in [0.717, 1.165) is 218 Å². The molecule has 4 saturated heterocycles. The van der Waals surface area contributed by atoms with Gasteiger partial charge in [-0.2, -0.15) is 18.4 Å². The number of benzene rings is 4. The number of hydrogen-bond acceptors (Lipinski definition) is 27. The van der Waals surface area contributed by atoms with Crippen LogP contribution in [0.2, 0.25) is 0 Å². The fraction of sp³-hybridized carbons (Fsp3) is 0.391. The summed E-state index contributed by atoms with van der Waals surface area (Å²) in [6.45, 7) is 25.9. The monoisotopic (exact) mass is 1700 g/mol. The van der Waals surface area contributed by atoms with Gasteiger partial charge in [0.1, 0.15) is 46.6 Å². The Balaban J connectivity index is 0.000000137. The summed E-state index contributed by atoms with van der Waals surface area (Å²) in [5, 5.41) is 12.1. The van der Waals surface area contributed by atoms with Crippen LogP contribution >= 0.6 is 15.9 Å². The third-order valence-corrected chi connectivity index (χ3v) is 23.6. The fourth-order valence-corrected chi connectivity index (χ4v) is 16.7. The summed E-state index contributed by atoms with van der Waals surface area (Å²) in [7, 11) is 13.1. The van der Waals surface area contributed by atoms with Crippen molar-refractivity contribution in [1.29, 1.82) is 5.26 Å². The molecule has 0 radical (unpaired) electrons. The minimum atomic E-state index is -4.43. The van der Waals surface area contributed by atoms with Crippen molar-refractivity contribution in [3.8, 4) is 6.07 Å². The van der Waals surface area contributed by atoms with Gasteiger partial charge < -0.3 is 58.8 Å². The first kappa shape index (κ1) is 85.7. The van der Waals surface area contributed by atoms with E-state index in [0.29, 0.717) is 64.6 Å². The van der Waals surface area contributed by atoms with Gasteiger partial charge in [-0.15, -0.1) is 0 Å². The molecule has 4 aliphatic rings. The van der Waals surface area contributed by atoms with Crippen LogP contribution in [0, 0.1) is 39.0 Å². The molecule has 0 unspecified atom stereocenters. The normalized spacial score (nSPS) is 15.2. The molecule has 0 amide bonds. The Morgan fingerprint density at radius 3 is 1.02 bits per heavy atom. The van der Waals surface area contributed by atoms with E-state index in [2.05, 4.69) is 207 Å². The van der Waals surface area contributed by atoms with Crippen LogP contribution in [-0.2, 0) is 42.2 Å². The molecule has 27 nitrogen and oxygen atoms in total. The van der Waals surface area contributed by atoms with Gasteiger partial charge in [-0.05, 0) is 141 Å². The number of rotatable bonds is 17. The van der Waals surface area contributed by atoms with Gasteiger partial charge >= 0.3 is 6.18 Å². The van der Waals surface area contributed by atoms with Crippen LogP contribution < -0.4 is 39.2 Å². The van der Waals surface area contributed by atoms with Crippen LogP contribution in [0.25, 0.3) is 43.6 Å². The molecule has 0 spiro atoms. The van der Waals surface area contributed by atoms with Crippen LogP contribution in [-0.4, -0.2) is 255 Å². The summed E-state index contributed by atoms with van der Waals surface area (Å²) in [4.78, 5) is 82.1. The number of sulfone groups is 1. The first-order chi connectivity index (χ1) is 57.0. The molecule has 16 rings (SSSR count). The number of nitriles is 1. The fourth-order valence-electron chi connectivity index (χ4n) is 15.3. The molecule has 4 aliphatic heterocycles. The van der Waals surface area contributed by atoms with Gasteiger partial charge in [0.25, 0.3) is 0 Å². The van der Waals surface area contributed by atoms with Gasteiger partial charge in [-0.1, -0.05) is 28.1 Å². The van der Waals surface area contributed by atoms with Gasteiger partial charge in [0.05, 0.1) is 116 Å². The maximum atomic E-state index is 13.4. The molecule has 4 aromatic carbocycles. The molecule has 32 heteroatoms. The van der Waals surface area contributed by atoms with Gasteiger partial charge in [0.15, 0.2) is 9.84 Å². The second-order valence-corrected chi connectivity index (χ2v) is 33.9. The van der Waals surface area contributed by atoms with Crippen molar-refractivity contribution >= 4 is 115 Å². The van der Waals surface area contributed by atoms with Gasteiger partial charge in [0.2, 0.25) is 0 Å². The van der Waals surface area contributed by atoms with E-state index >= 15 is 0 Å². The number of anilines is 8. The number of pyridine rings is 4. The van der Waals surface area contributed by atoms with Crippen LogP contribution in [0.15, 0.2) is 155 Å². The van der Waals surface area contributed by atoms with Crippen molar-refractivity contribution in [2.75, 3.05) is 207 Å². The second kappa shape index (κ2) is 37.8. The Morgan fingerprint density at radius 1 is 0.395 bits per heavy atom. The smallest absolute Gasteiger partial charge is 0.367 e. The van der Waals surface area contributed by atoms with E-state index in [9.17, 15) is 26.9 Å². The van der Waals surface area contributed by atoms with Crippen LogP contribution in [0.4, 0.5) is 59.2 Å². The predicted molar refractivity (Wildman–Crippen MR) is 472 cm³/mol. The first-order valence-electron chi connectivity index (χ1n) is 39.8. The lowest BCUT2D eigenvalue weighted by Gasteiger charge is -2.33. The number of alkyl halides is 3. The molecule has 119 heavy (non-hydrogen) atoms. The lowest BCUT2D eigenvalue weighted by atomic mass is 10.1. The maximum absolute atomic E-state index is 13.4. The lowest BCUT2D eigenvalue weighted by molar-refractivity contribution is -0.136. The quantitative estimate of drug-likeness (QED) is 0.0821. The highest BCUT2D eigenvalue weighted by molar-refractivity contribution is 9.10. The molecule has 0 bridgehead atoms. The summed E-state index contributed by atoms with van der Waals surface area (Å²) in [6.07, 6.45) is 3.60. The zero-order chi connectivity index (χ0) is 84.4. The van der Waals surface area contributed by atoms with Crippen molar-refractivity contribution in [3.05, 3.63) is 208 Å². The first-order valence-corrected chi connectivity index (χ1v) is 42.5. The number of aromatic nitrogens is 12. The number of likely N-dealkylation sites (N-methyl/N-ethyl adjacent to an activating group) is 4. The number of nitrogens with zero attached hydrogens (tertiary/aromatic N) is 25. The van der Waals surface area contributed by atoms with Crippen LogP contribution in [0.1, 0.15) is 57.2 Å². The molecule has 8 aromatic heterocycles. The third-order valence-electron chi connectivity index (χ3n) is 21.8. The van der Waals surface area contributed by atoms with E-state index in [1.54, 1.807) is 30.6 Å². The van der Waals surface area contributed by atoms with Gasteiger partial charge in [0, 0.05) is 214 Å². The molecule has 12 heterocycles. The molecule has 0 atom stereocenters. The van der Waals surface area contributed by atoms with Crippen molar-refractivity contribution in [3.63, 3.8) is 0 Å². The molecule has 0 saturated carbocycles. The minimum absolute atomic E-state index is 0.0938. The van der Waals surface area contributed by atoms with Crippen molar-refractivity contribution in [1.82, 2.24) is 79.4 Å². The van der Waals surface area contributed by atoms with E-state index < -0.39 is 21.6 Å². The number of piperazine rings is 4. The van der Waals surface area contributed by atoms with E-state index in [4.69, 9.17) is 0 Å². The Morgan fingerprint density at radius 2 is 0.681 bits per heavy atom. The third kappa shape index (κ3) is 21.3. The van der Waals surface area contributed by atoms with Crippen LogP contribution in [0.5, 0.6) is 0 Å². The minimum Gasteiger partial charge on any atom is -0.367 e. The van der Waals surface area contributed by atoms with E-state index in [1.165, 1.54) is 30.7 Å². The number of fused-ring (bicyclic) bond motifs is 4. The zero-order valence-corrected chi connectivity index (χ0v) is 72.3. The molecule has 0 N–H and O–H groups in total. The molecule has 12 aromatic rings.